The number of phenolic OH excluding ortho intramolecular Hbond substituents is 1. The number of fused-ring (bicyclic) bond motifs is 1. The second-order valence-electron chi connectivity index (χ2n) is 5.87. The highest BCUT2D eigenvalue weighted by Crippen LogP contribution is 2.55. The summed E-state index contributed by atoms with van der Waals surface area (Å²) in [6.07, 6.45) is 5.83. The molecule has 2 aliphatic carbocycles. The Hall–Kier alpha value is -2.44. The van der Waals surface area contributed by atoms with Crippen LogP contribution in [0.2, 0.25) is 0 Å². The van der Waals surface area contributed by atoms with Gasteiger partial charge in [-0.25, -0.2) is 5.43 Å². The second-order valence-corrected chi connectivity index (χ2v) is 5.87. The molecule has 2 aliphatic rings. The SMILES string of the molecule is O=C(N/N=C/c1cc([N+](=O)[O-])ccc1O)C1C2CCCCC21. The normalized spacial score (nSPS) is 26.5. The first-order chi connectivity index (χ1) is 10.6. The standard InChI is InChI=1S/C15H17N3O4/c19-13-6-5-10(18(21)22)7-9(13)8-16-17-15(20)14-11-3-1-2-4-12(11)14/h5-8,11-12,14,19H,1-4H2,(H,17,20)/b16-8+. The minimum absolute atomic E-state index is 0.0540. The average molecular weight is 303 g/mol. The van der Waals surface area contributed by atoms with E-state index in [4.69, 9.17) is 0 Å². The zero-order valence-electron chi connectivity index (χ0n) is 11.9. The molecule has 2 atom stereocenters. The first-order valence-electron chi connectivity index (χ1n) is 7.38. The maximum atomic E-state index is 12.0. The Bertz CT molecular complexity index is 632. The molecule has 0 heterocycles. The molecule has 1 aromatic carbocycles. The summed E-state index contributed by atoms with van der Waals surface area (Å²) >= 11 is 0. The number of hydrogen-bond acceptors (Lipinski definition) is 5. The number of carbonyl (C=O) groups is 1. The number of benzene rings is 1. The minimum Gasteiger partial charge on any atom is -0.507 e. The molecule has 2 unspecified atom stereocenters. The Morgan fingerprint density at radius 2 is 2.05 bits per heavy atom. The third-order valence-corrected chi connectivity index (χ3v) is 4.56. The number of phenols is 1. The van der Waals surface area contributed by atoms with Crippen LogP contribution < -0.4 is 5.43 Å². The van der Waals surface area contributed by atoms with Crippen LogP contribution in [0.15, 0.2) is 23.3 Å². The third kappa shape index (κ3) is 2.79. The monoisotopic (exact) mass is 303 g/mol. The van der Waals surface area contributed by atoms with Crippen LogP contribution in [-0.2, 0) is 4.79 Å². The molecule has 7 nitrogen and oxygen atoms in total. The quantitative estimate of drug-likeness (QED) is 0.505. The zero-order valence-corrected chi connectivity index (χ0v) is 11.9. The van der Waals surface area contributed by atoms with Crippen molar-refractivity contribution < 1.29 is 14.8 Å². The van der Waals surface area contributed by atoms with E-state index >= 15 is 0 Å². The van der Waals surface area contributed by atoms with Crippen molar-refractivity contribution in [1.29, 1.82) is 0 Å². The number of carbonyl (C=O) groups excluding carboxylic acids is 1. The van der Waals surface area contributed by atoms with E-state index in [2.05, 4.69) is 10.5 Å². The molecule has 1 amide bonds. The van der Waals surface area contributed by atoms with Gasteiger partial charge in [0.15, 0.2) is 0 Å². The molecule has 7 heteroatoms. The Morgan fingerprint density at radius 1 is 1.36 bits per heavy atom. The van der Waals surface area contributed by atoms with Gasteiger partial charge in [-0.15, -0.1) is 0 Å². The van der Waals surface area contributed by atoms with E-state index in [0.717, 1.165) is 12.8 Å². The number of nitro groups is 1. The van der Waals surface area contributed by atoms with Crippen molar-refractivity contribution in [2.24, 2.45) is 22.9 Å². The Balaban J connectivity index is 1.61. The molecule has 0 radical (unpaired) electrons. The van der Waals surface area contributed by atoms with Gasteiger partial charge in [-0.1, -0.05) is 12.8 Å². The number of nitrogens with one attached hydrogen (secondary N) is 1. The van der Waals surface area contributed by atoms with E-state index in [9.17, 15) is 20.0 Å². The van der Waals surface area contributed by atoms with Crippen LogP contribution in [0.5, 0.6) is 5.75 Å². The Kier molecular flexibility index (Phi) is 3.79. The number of nitro benzene ring substituents is 1. The van der Waals surface area contributed by atoms with Crippen molar-refractivity contribution in [2.75, 3.05) is 0 Å². The molecule has 1 aromatic rings. The molecule has 2 saturated carbocycles. The first kappa shape index (κ1) is 14.5. The lowest BCUT2D eigenvalue weighted by atomic mass is 10.0. The van der Waals surface area contributed by atoms with Crippen molar-refractivity contribution in [1.82, 2.24) is 5.43 Å². The van der Waals surface area contributed by atoms with Gasteiger partial charge < -0.3 is 5.11 Å². The molecular formula is C15H17N3O4. The van der Waals surface area contributed by atoms with Gasteiger partial charge in [0.25, 0.3) is 5.69 Å². The van der Waals surface area contributed by atoms with Gasteiger partial charge in [0, 0.05) is 23.6 Å². The fourth-order valence-corrected chi connectivity index (χ4v) is 3.38. The lowest BCUT2D eigenvalue weighted by Gasteiger charge is -2.04. The predicted molar refractivity (Wildman–Crippen MR) is 79.4 cm³/mol. The number of rotatable bonds is 4. The van der Waals surface area contributed by atoms with Gasteiger partial charge in [0.2, 0.25) is 5.91 Å². The molecule has 0 aliphatic heterocycles. The highest BCUT2D eigenvalue weighted by Gasteiger charge is 2.54. The van der Waals surface area contributed by atoms with Crippen LogP contribution >= 0.6 is 0 Å². The summed E-state index contributed by atoms with van der Waals surface area (Å²) in [7, 11) is 0. The highest BCUT2D eigenvalue weighted by molar-refractivity contribution is 5.87. The first-order valence-corrected chi connectivity index (χ1v) is 7.38. The fourth-order valence-electron chi connectivity index (χ4n) is 3.38. The number of nitrogens with zero attached hydrogens (tertiary/aromatic N) is 2. The lowest BCUT2D eigenvalue weighted by molar-refractivity contribution is -0.384. The summed E-state index contributed by atoms with van der Waals surface area (Å²) in [4.78, 5) is 22.2. The smallest absolute Gasteiger partial charge is 0.270 e. The summed E-state index contributed by atoms with van der Waals surface area (Å²) in [5.41, 5.74) is 2.53. The third-order valence-electron chi connectivity index (χ3n) is 4.56. The molecule has 2 fully saturated rings. The van der Waals surface area contributed by atoms with Crippen molar-refractivity contribution in [3.05, 3.63) is 33.9 Å². The molecule has 22 heavy (non-hydrogen) atoms. The van der Waals surface area contributed by atoms with Crippen LogP contribution in [0, 0.1) is 27.9 Å². The Morgan fingerprint density at radius 3 is 2.68 bits per heavy atom. The van der Waals surface area contributed by atoms with Crippen molar-refractivity contribution in [2.45, 2.75) is 25.7 Å². The largest absolute Gasteiger partial charge is 0.507 e. The van der Waals surface area contributed by atoms with Crippen LogP contribution in [0.25, 0.3) is 0 Å². The maximum Gasteiger partial charge on any atom is 0.270 e. The van der Waals surface area contributed by atoms with Gasteiger partial charge in [0.05, 0.1) is 11.1 Å². The van der Waals surface area contributed by atoms with Crippen LogP contribution in [0.1, 0.15) is 31.2 Å². The number of aromatic hydroxyl groups is 1. The van der Waals surface area contributed by atoms with E-state index in [1.54, 1.807) is 0 Å². The average Bonchev–Trinajstić information content (AvgIpc) is 3.23. The van der Waals surface area contributed by atoms with Crippen LogP contribution in [0.3, 0.4) is 0 Å². The number of non-ortho nitro benzene ring substituents is 1. The van der Waals surface area contributed by atoms with Gasteiger partial charge in [-0.2, -0.15) is 5.10 Å². The summed E-state index contributed by atoms with van der Waals surface area (Å²) in [6, 6.07) is 3.65. The summed E-state index contributed by atoms with van der Waals surface area (Å²) in [6.45, 7) is 0. The molecule has 0 aromatic heterocycles. The molecule has 0 bridgehead atoms. The van der Waals surface area contributed by atoms with Gasteiger partial charge >= 0.3 is 0 Å². The molecule has 0 saturated heterocycles. The van der Waals surface area contributed by atoms with E-state index in [0.29, 0.717) is 11.8 Å². The molecule has 0 spiro atoms. The zero-order chi connectivity index (χ0) is 15.7. The minimum atomic E-state index is -0.551. The summed E-state index contributed by atoms with van der Waals surface area (Å²) in [5, 5.41) is 24.2. The molecule has 2 N–H and O–H groups in total. The van der Waals surface area contributed by atoms with Gasteiger partial charge in [0.1, 0.15) is 5.75 Å². The Labute approximate surface area is 127 Å². The molecular weight excluding hydrogens is 286 g/mol. The van der Waals surface area contributed by atoms with Crippen molar-refractivity contribution in [3.63, 3.8) is 0 Å². The lowest BCUT2D eigenvalue weighted by Crippen LogP contribution is -2.20. The second kappa shape index (κ2) is 5.75. The van der Waals surface area contributed by atoms with Crippen molar-refractivity contribution >= 4 is 17.8 Å². The van der Waals surface area contributed by atoms with Crippen LogP contribution in [0.4, 0.5) is 5.69 Å². The van der Waals surface area contributed by atoms with Gasteiger partial charge in [-0.3, -0.25) is 14.9 Å². The number of hydrazone groups is 1. The number of amides is 1. The molecule has 116 valence electrons. The molecule has 3 rings (SSSR count). The predicted octanol–water partition coefficient (Wildman–Crippen LogP) is 2.19. The summed E-state index contributed by atoms with van der Waals surface area (Å²) < 4.78 is 0. The van der Waals surface area contributed by atoms with E-state index in [-0.39, 0.29) is 28.8 Å². The van der Waals surface area contributed by atoms with E-state index in [1.807, 2.05) is 0 Å². The maximum absolute atomic E-state index is 12.0. The fraction of sp³-hybridized carbons (Fsp3) is 0.467. The van der Waals surface area contributed by atoms with E-state index < -0.39 is 4.92 Å². The van der Waals surface area contributed by atoms with E-state index in [1.165, 1.54) is 37.3 Å². The summed E-state index contributed by atoms with van der Waals surface area (Å²) in [5.74, 6) is 0.824. The highest BCUT2D eigenvalue weighted by atomic mass is 16.6. The topological polar surface area (TPSA) is 105 Å². The number of hydrogen-bond donors (Lipinski definition) is 2. The van der Waals surface area contributed by atoms with Crippen molar-refractivity contribution in [3.8, 4) is 5.75 Å². The van der Waals surface area contributed by atoms with Gasteiger partial charge in [-0.05, 0) is 30.7 Å². The van der Waals surface area contributed by atoms with Crippen LogP contribution in [-0.4, -0.2) is 22.2 Å².